The normalized spacial score (nSPS) is 23.3. The molecule has 3 nitrogen and oxygen atoms in total. The molecule has 1 aliphatic rings. The SMILES string of the molecule is N=C(N)C1OC=CC=C1Cl. The zero-order chi connectivity index (χ0) is 7.56. The number of nitrogens with one attached hydrogen (secondary N) is 1. The molecule has 0 saturated heterocycles. The topological polar surface area (TPSA) is 59.1 Å². The van der Waals surface area contributed by atoms with E-state index in [1.54, 1.807) is 12.2 Å². The molecule has 0 aliphatic carbocycles. The molecule has 3 N–H and O–H groups in total. The highest BCUT2D eigenvalue weighted by Crippen LogP contribution is 2.15. The lowest BCUT2D eigenvalue weighted by Crippen LogP contribution is -2.30. The van der Waals surface area contributed by atoms with Gasteiger partial charge in [0.15, 0.2) is 6.10 Å². The summed E-state index contributed by atoms with van der Waals surface area (Å²) in [6.45, 7) is 0. The number of rotatable bonds is 1. The number of hydrogen-bond donors (Lipinski definition) is 2. The molecular formula is C6H7ClN2O. The fourth-order valence-corrected chi connectivity index (χ4v) is 0.871. The van der Waals surface area contributed by atoms with Gasteiger partial charge < -0.3 is 10.5 Å². The number of amidine groups is 1. The molecule has 54 valence electrons. The molecule has 0 fully saturated rings. The number of ether oxygens (including phenoxy) is 1. The Morgan fingerprint density at radius 1 is 1.80 bits per heavy atom. The highest BCUT2D eigenvalue weighted by molar-refractivity contribution is 6.32. The standard InChI is InChI=1S/C6H7ClN2O/c7-4-2-1-3-10-5(4)6(8)9/h1-3,5H,(H3,8,9). The number of nitrogens with two attached hydrogens (primary N) is 1. The first-order valence-corrected chi connectivity index (χ1v) is 3.11. The van der Waals surface area contributed by atoms with Crippen molar-refractivity contribution in [3.8, 4) is 0 Å². The predicted octanol–water partition coefficient (Wildman–Crippen LogP) is 0.958. The van der Waals surface area contributed by atoms with Gasteiger partial charge in [-0.1, -0.05) is 11.6 Å². The number of hydrogen-bond acceptors (Lipinski definition) is 2. The highest BCUT2D eigenvalue weighted by Gasteiger charge is 2.17. The predicted molar refractivity (Wildman–Crippen MR) is 39.9 cm³/mol. The molecule has 1 heterocycles. The summed E-state index contributed by atoms with van der Waals surface area (Å²) in [4.78, 5) is 0. The minimum atomic E-state index is -0.577. The summed E-state index contributed by atoms with van der Waals surface area (Å²) in [5, 5.41) is 7.45. The molecule has 1 unspecified atom stereocenters. The van der Waals surface area contributed by atoms with E-state index in [1.165, 1.54) is 6.26 Å². The Morgan fingerprint density at radius 2 is 2.50 bits per heavy atom. The zero-order valence-corrected chi connectivity index (χ0v) is 5.93. The van der Waals surface area contributed by atoms with Crippen LogP contribution in [0.4, 0.5) is 0 Å². The van der Waals surface area contributed by atoms with E-state index >= 15 is 0 Å². The van der Waals surface area contributed by atoms with Crippen LogP contribution < -0.4 is 5.73 Å². The van der Waals surface area contributed by atoms with Gasteiger partial charge in [0.05, 0.1) is 11.3 Å². The number of halogens is 1. The van der Waals surface area contributed by atoms with E-state index in [0.717, 1.165) is 0 Å². The summed E-state index contributed by atoms with van der Waals surface area (Å²) in [5.41, 5.74) is 5.16. The molecule has 0 radical (unpaired) electrons. The third-order valence-corrected chi connectivity index (χ3v) is 1.41. The Bertz CT molecular complexity index is 210. The van der Waals surface area contributed by atoms with Gasteiger partial charge in [-0.05, 0) is 12.2 Å². The van der Waals surface area contributed by atoms with Crippen molar-refractivity contribution in [2.75, 3.05) is 0 Å². The van der Waals surface area contributed by atoms with Crippen LogP contribution in [0.2, 0.25) is 0 Å². The van der Waals surface area contributed by atoms with Gasteiger partial charge in [0.2, 0.25) is 0 Å². The van der Waals surface area contributed by atoms with Crippen molar-refractivity contribution >= 4 is 17.4 Å². The summed E-state index contributed by atoms with van der Waals surface area (Å²) in [5.74, 6) is -0.0781. The summed E-state index contributed by atoms with van der Waals surface area (Å²) in [6, 6.07) is 0. The van der Waals surface area contributed by atoms with Gasteiger partial charge in [-0.3, -0.25) is 5.41 Å². The fourth-order valence-electron chi connectivity index (χ4n) is 0.629. The van der Waals surface area contributed by atoms with Gasteiger partial charge in [-0.25, -0.2) is 0 Å². The van der Waals surface area contributed by atoms with E-state index in [2.05, 4.69) is 0 Å². The molecule has 0 aromatic carbocycles. The van der Waals surface area contributed by atoms with Crippen molar-refractivity contribution in [3.05, 3.63) is 23.4 Å². The zero-order valence-electron chi connectivity index (χ0n) is 5.17. The van der Waals surface area contributed by atoms with E-state index in [0.29, 0.717) is 5.03 Å². The van der Waals surface area contributed by atoms with Crippen molar-refractivity contribution in [3.63, 3.8) is 0 Å². The monoisotopic (exact) mass is 158 g/mol. The van der Waals surface area contributed by atoms with Crippen LogP contribution >= 0.6 is 11.6 Å². The van der Waals surface area contributed by atoms with Crippen LogP contribution in [0.5, 0.6) is 0 Å². The second-order valence-corrected chi connectivity index (χ2v) is 2.29. The van der Waals surface area contributed by atoms with Crippen molar-refractivity contribution in [1.82, 2.24) is 0 Å². The Morgan fingerprint density at radius 3 is 2.90 bits per heavy atom. The first-order chi connectivity index (χ1) is 4.72. The fraction of sp³-hybridized carbons (Fsp3) is 0.167. The van der Waals surface area contributed by atoms with Gasteiger partial charge in [0, 0.05) is 0 Å². The largest absolute Gasteiger partial charge is 0.484 e. The molecule has 1 atom stereocenters. The van der Waals surface area contributed by atoms with Crippen molar-refractivity contribution < 1.29 is 4.74 Å². The summed E-state index contributed by atoms with van der Waals surface area (Å²) < 4.78 is 4.92. The molecular weight excluding hydrogens is 152 g/mol. The Hall–Kier alpha value is -0.960. The average molecular weight is 159 g/mol. The van der Waals surface area contributed by atoms with Gasteiger partial charge in [0.25, 0.3) is 0 Å². The average Bonchev–Trinajstić information content (AvgIpc) is 1.88. The van der Waals surface area contributed by atoms with Crippen LogP contribution in [0.3, 0.4) is 0 Å². The first-order valence-electron chi connectivity index (χ1n) is 2.73. The molecule has 0 bridgehead atoms. The molecule has 0 saturated carbocycles. The van der Waals surface area contributed by atoms with E-state index in [4.69, 9.17) is 27.5 Å². The third kappa shape index (κ3) is 1.30. The van der Waals surface area contributed by atoms with Crippen LogP contribution in [0.25, 0.3) is 0 Å². The van der Waals surface area contributed by atoms with Crippen LogP contribution in [0.1, 0.15) is 0 Å². The van der Waals surface area contributed by atoms with Gasteiger partial charge in [0.1, 0.15) is 5.84 Å². The maximum absolute atomic E-state index is 7.01. The quantitative estimate of drug-likeness (QED) is 0.441. The van der Waals surface area contributed by atoms with Crippen molar-refractivity contribution in [2.45, 2.75) is 6.10 Å². The molecule has 0 aromatic rings. The molecule has 10 heavy (non-hydrogen) atoms. The van der Waals surface area contributed by atoms with Crippen LogP contribution in [0.15, 0.2) is 23.4 Å². The first kappa shape index (κ1) is 7.15. The van der Waals surface area contributed by atoms with Crippen LogP contribution in [-0.2, 0) is 4.74 Å². The third-order valence-electron chi connectivity index (χ3n) is 1.08. The minimum Gasteiger partial charge on any atom is -0.484 e. The summed E-state index contributed by atoms with van der Waals surface area (Å²) in [6.07, 6.45) is 4.18. The van der Waals surface area contributed by atoms with Gasteiger partial charge in [-0.15, -0.1) is 0 Å². The van der Waals surface area contributed by atoms with Gasteiger partial charge in [-0.2, -0.15) is 0 Å². The maximum Gasteiger partial charge on any atom is 0.189 e. The van der Waals surface area contributed by atoms with Crippen LogP contribution in [0, 0.1) is 5.41 Å². The molecule has 1 rings (SSSR count). The minimum absolute atomic E-state index is 0.0781. The van der Waals surface area contributed by atoms with E-state index in [-0.39, 0.29) is 5.84 Å². The van der Waals surface area contributed by atoms with Crippen LogP contribution in [-0.4, -0.2) is 11.9 Å². The summed E-state index contributed by atoms with van der Waals surface area (Å²) in [7, 11) is 0. The molecule has 0 amide bonds. The lowest BCUT2D eigenvalue weighted by molar-refractivity contribution is 0.233. The van der Waals surface area contributed by atoms with E-state index in [9.17, 15) is 0 Å². The van der Waals surface area contributed by atoms with Crippen molar-refractivity contribution in [1.29, 1.82) is 5.41 Å². The van der Waals surface area contributed by atoms with Crippen molar-refractivity contribution in [2.24, 2.45) is 5.73 Å². The summed E-state index contributed by atoms with van der Waals surface area (Å²) >= 11 is 5.64. The molecule has 4 heteroatoms. The molecule has 1 aliphatic heterocycles. The molecule has 0 aromatic heterocycles. The van der Waals surface area contributed by atoms with Gasteiger partial charge >= 0.3 is 0 Å². The van der Waals surface area contributed by atoms with E-state index < -0.39 is 6.10 Å². The Balaban J connectivity index is 2.73. The second-order valence-electron chi connectivity index (χ2n) is 1.85. The van der Waals surface area contributed by atoms with E-state index in [1.807, 2.05) is 0 Å². The maximum atomic E-state index is 7.01. The smallest absolute Gasteiger partial charge is 0.189 e. The number of allylic oxidation sites excluding steroid dienone is 2. The Labute approximate surface area is 63.6 Å². The highest BCUT2D eigenvalue weighted by atomic mass is 35.5. The molecule has 0 spiro atoms. The second kappa shape index (κ2) is 2.75. The lowest BCUT2D eigenvalue weighted by atomic mass is 10.2. The Kier molecular flexibility index (Phi) is 1.97. The lowest BCUT2D eigenvalue weighted by Gasteiger charge is -2.15.